The van der Waals surface area contributed by atoms with Gasteiger partial charge in [0.05, 0.1) is 19.3 Å². The number of pyridine rings is 1. The van der Waals surface area contributed by atoms with Crippen molar-refractivity contribution in [2.24, 2.45) is 5.92 Å². The first-order valence-electron chi connectivity index (χ1n) is 21.5. The number of nitrogens with zero attached hydrogens (tertiary/aromatic N) is 4. The third-order valence-electron chi connectivity index (χ3n) is 13.5. The molecule has 5 aliphatic heterocycles. The van der Waals surface area contributed by atoms with Crippen molar-refractivity contribution in [3.63, 3.8) is 0 Å². The van der Waals surface area contributed by atoms with Crippen LogP contribution < -0.4 is 25.2 Å². The Balaban J connectivity index is 0.707. The van der Waals surface area contributed by atoms with Crippen LogP contribution in [0.15, 0.2) is 84.9 Å². The molecule has 4 aromatic rings. The Bertz CT molecular complexity index is 2240. The molecule has 60 heavy (non-hydrogen) atoms. The zero-order valence-corrected chi connectivity index (χ0v) is 33.8. The third kappa shape index (κ3) is 7.70. The Morgan fingerprint density at radius 1 is 0.867 bits per heavy atom. The molecule has 4 fully saturated rings. The summed E-state index contributed by atoms with van der Waals surface area (Å²) in [7, 11) is 0. The number of amides is 3. The van der Waals surface area contributed by atoms with Gasteiger partial charge in [0.15, 0.2) is 5.79 Å². The van der Waals surface area contributed by atoms with Gasteiger partial charge in [-0.1, -0.05) is 48.5 Å². The molecular weight excluding hydrogens is 761 g/mol. The molecule has 6 aliphatic rings. The Labute approximate surface area is 350 Å². The lowest BCUT2D eigenvalue weighted by Crippen LogP contribution is -2.59. The normalized spacial score (nSPS) is 25.4. The number of hydrogen-bond donors (Lipinski definition) is 3. The predicted octanol–water partition coefficient (Wildman–Crippen LogP) is 4.73. The fraction of sp³-hybridized carbons (Fsp3) is 0.447. The van der Waals surface area contributed by atoms with Gasteiger partial charge in [-0.15, -0.1) is 0 Å². The van der Waals surface area contributed by atoms with E-state index in [2.05, 4.69) is 91.0 Å². The highest BCUT2D eigenvalue weighted by atomic mass is 16.7. The van der Waals surface area contributed by atoms with Crippen LogP contribution in [0.3, 0.4) is 0 Å². The molecule has 0 saturated carbocycles. The molecule has 4 atom stereocenters. The summed E-state index contributed by atoms with van der Waals surface area (Å²) in [6.07, 6.45) is 4.10. The summed E-state index contributed by atoms with van der Waals surface area (Å²) in [5, 5.41) is 15.2. The van der Waals surface area contributed by atoms with E-state index in [1.807, 2.05) is 18.2 Å². The number of benzene rings is 3. The number of rotatable bonds is 7. The van der Waals surface area contributed by atoms with E-state index in [0.717, 1.165) is 70.6 Å². The molecule has 1 aliphatic carbocycles. The molecule has 4 saturated heterocycles. The van der Waals surface area contributed by atoms with E-state index in [0.29, 0.717) is 37.4 Å². The molecule has 13 nitrogen and oxygen atoms in total. The summed E-state index contributed by atoms with van der Waals surface area (Å²) < 4.78 is 19.2. The molecular formula is C47H52N6O7. The molecule has 3 aromatic carbocycles. The van der Waals surface area contributed by atoms with Gasteiger partial charge >= 0.3 is 0 Å². The SMILES string of the molecule is O=C1CC[C@H](NC(=O)c2ccc3c(n2)OC[C@H]2CN(CC4COC5(CCN(c6ccc([C@@H]7c8ccc(O)cc8CC[C@@H]7c7ccccc7)cc6)CC5)OC4)CCN32)C(=O)N1. The Morgan fingerprint density at radius 2 is 1.67 bits per heavy atom. The van der Waals surface area contributed by atoms with Crippen LogP contribution in [0.1, 0.15) is 76.7 Å². The Morgan fingerprint density at radius 3 is 2.45 bits per heavy atom. The summed E-state index contributed by atoms with van der Waals surface area (Å²) in [6.45, 7) is 6.98. The molecule has 13 heteroatoms. The number of aryl methyl sites for hydroxylation is 1. The maximum absolute atomic E-state index is 12.9. The molecule has 1 aromatic heterocycles. The first kappa shape index (κ1) is 38.7. The Hall–Kier alpha value is -5.50. The van der Waals surface area contributed by atoms with Gasteiger partial charge in [-0.05, 0) is 83.8 Å². The van der Waals surface area contributed by atoms with E-state index in [1.54, 1.807) is 6.07 Å². The number of anilines is 2. The number of piperidine rings is 2. The first-order valence-corrected chi connectivity index (χ1v) is 21.5. The van der Waals surface area contributed by atoms with Crippen LogP contribution in [0.4, 0.5) is 11.4 Å². The number of carbonyl (C=O) groups is 3. The van der Waals surface area contributed by atoms with Gasteiger partial charge in [-0.2, -0.15) is 0 Å². The molecule has 6 heterocycles. The minimum absolute atomic E-state index is 0.157. The highest BCUT2D eigenvalue weighted by Gasteiger charge is 2.42. The van der Waals surface area contributed by atoms with Crippen molar-refractivity contribution >= 4 is 29.1 Å². The number of phenols is 1. The average molecular weight is 813 g/mol. The first-order chi connectivity index (χ1) is 29.3. The zero-order chi connectivity index (χ0) is 40.8. The topological polar surface area (TPSA) is 146 Å². The maximum Gasteiger partial charge on any atom is 0.270 e. The van der Waals surface area contributed by atoms with Gasteiger partial charge in [0.25, 0.3) is 5.91 Å². The number of nitrogens with one attached hydrogen (secondary N) is 2. The van der Waals surface area contributed by atoms with Gasteiger partial charge in [0, 0.05) is 76.1 Å². The molecule has 0 unspecified atom stereocenters. The molecule has 312 valence electrons. The second-order valence-electron chi connectivity index (χ2n) is 17.3. The van der Waals surface area contributed by atoms with E-state index in [-0.39, 0.29) is 42.3 Å². The molecule has 0 bridgehead atoms. The number of aromatic hydroxyl groups is 1. The van der Waals surface area contributed by atoms with Crippen LogP contribution in [0, 0.1) is 5.92 Å². The fourth-order valence-corrected chi connectivity index (χ4v) is 10.3. The van der Waals surface area contributed by atoms with Gasteiger partial charge < -0.3 is 34.4 Å². The lowest BCUT2D eigenvalue weighted by atomic mass is 9.69. The van der Waals surface area contributed by atoms with E-state index in [1.165, 1.54) is 27.9 Å². The van der Waals surface area contributed by atoms with E-state index in [9.17, 15) is 19.5 Å². The van der Waals surface area contributed by atoms with Crippen LogP contribution >= 0.6 is 0 Å². The lowest BCUT2D eigenvalue weighted by Gasteiger charge is -2.48. The van der Waals surface area contributed by atoms with Crippen LogP contribution in [-0.2, 0) is 25.5 Å². The fourth-order valence-electron chi connectivity index (χ4n) is 10.3. The van der Waals surface area contributed by atoms with Crippen molar-refractivity contribution in [2.75, 3.05) is 68.9 Å². The minimum atomic E-state index is -0.765. The number of aromatic nitrogens is 1. The summed E-state index contributed by atoms with van der Waals surface area (Å²) in [6, 6.07) is 28.8. The van der Waals surface area contributed by atoms with Gasteiger partial charge in [0.2, 0.25) is 17.7 Å². The van der Waals surface area contributed by atoms with Gasteiger partial charge in [-0.25, -0.2) is 4.98 Å². The van der Waals surface area contributed by atoms with E-state index >= 15 is 0 Å². The van der Waals surface area contributed by atoms with Crippen molar-refractivity contribution in [3.8, 4) is 11.6 Å². The highest BCUT2D eigenvalue weighted by molar-refractivity contribution is 6.03. The van der Waals surface area contributed by atoms with Gasteiger partial charge in [0.1, 0.15) is 29.8 Å². The number of hydrogen-bond acceptors (Lipinski definition) is 11. The van der Waals surface area contributed by atoms with E-state index < -0.39 is 23.6 Å². The Kier molecular flexibility index (Phi) is 10.4. The third-order valence-corrected chi connectivity index (χ3v) is 13.5. The highest BCUT2D eigenvalue weighted by Crippen LogP contribution is 2.47. The quantitative estimate of drug-likeness (QED) is 0.223. The predicted molar refractivity (Wildman–Crippen MR) is 224 cm³/mol. The van der Waals surface area contributed by atoms with Gasteiger partial charge in [-0.3, -0.25) is 24.6 Å². The van der Waals surface area contributed by atoms with Crippen LogP contribution in [0.2, 0.25) is 0 Å². The summed E-state index contributed by atoms with van der Waals surface area (Å²) >= 11 is 0. The van der Waals surface area contributed by atoms with E-state index in [4.69, 9.17) is 14.2 Å². The standard InChI is InChI=1S/C47H52N6O7/c54-36-11-13-38-33(24-36)8-12-37(31-4-2-1-3-5-31)43(38)32-6-9-34(10-7-32)52-20-18-47(19-21-52)59-27-30(28-60-47)25-51-22-23-53-35(26-51)29-58-46-41(53)16-14-40(49-46)44(56)48-39-15-17-42(55)50-45(39)57/h1-7,9-11,13-14,16,24,30,35,37,39,43,54H,8,12,15,17-23,25-29H2,(H,48,56)(H,50,55,57)/t35-,37-,39+,43+/m1/s1. The number of ether oxygens (including phenoxy) is 3. The minimum Gasteiger partial charge on any atom is -0.508 e. The molecule has 0 radical (unpaired) electrons. The summed E-state index contributed by atoms with van der Waals surface area (Å²) in [5.74, 6) is -0.185. The number of piperazine rings is 1. The van der Waals surface area contributed by atoms with Crippen LogP contribution in [-0.4, -0.2) is 110 Å². The second-order valence-corrected chi connectivity index (χ2v) is 17.3. The molecule has 1 spiro atoms. The number of fused-ring (bicyclic) bond motifs is 4. The van der Waals surface area contributed by atoms with Crippen LogP contribution in [0.5, 0.6) is 11.6 Å². The second kappa shape index (κ2) is 16.2. The molecule has 10 rings (SSSR count). The number of imide groups is 1. The number of carbonyl (C=O) groups excluding carboxylic acids is 3. The lowest BCUT2D eigenvalue weighted by molar-refractivity contribution is -0.291. The van der Waals surface area contributed by atoms with Crippen LogP contribution in [0.25, 0.3) is 0 Å². The summed E-state index contributed by atoms with van der Waals surface area (Å²) in [5.41, 5.74) is 7.49. The largest absolute Gasteiger partial charge is 0.508 e. The average Bonchev–Trinajstić information content (AvgIpc) is 3.28. The molecule has 3 amide bonds. The maximum atomic E-state index is 12.9. The smallest absolute Gasteiger partial charge is 0.270 e. The van der Waals surface area contributed by atoms with Crippen molar-refractivity contribution in [3.05, 3.63) is 113 Å². The van der Waals surface area contributed by atoms with Crippen molar-refractivity contribution < 1.29 is 33.7 Å². The van der Waals surface area contributed by atoms with Crippen molar-refractivity contribution in [1.29, 1.82) is 0 Å². The zero-order valence-electron chi connectivity index (χ0n) is 33.8. The number of phenolic OH excluding ortho intramolecular Hbond substituents is 1. The van der Waals surface area contributed by atoms with Crippen molar-refractivity contribution in [2.45, 2.75) is 68.2 Å². The monoisotopic (exact) mass is 812 g/mol. The molecule has 3 N–H and O–H groups in total. The summed E-state index contributed by atoms with van der Waals surface area (Å²) in [4.78, 5) is 48.2. The van der Waals surface area contributed by atoms with Crippen molar-refractivity contribution in [1.82, 2.24) is 20.5 Å².